The largest absolute Gasteiger partial charge is 0.309 e. The maximum atomic E-state index is 12.2. The minimum Gasteiger partial charge on any atom is -0.309 e. The highest BCUT2D eigenvalue weighted by molar-refractivity contribution is 9.10. The molecular weight excluding hydrogens is 368 g/mol. The Hall–Kier alpha value is -1.11. The number of halogens is 1. The van der Waals surface area contributed by atoms with Gasteiger partial charge in [0, 0.05) is 14.2 Å². The highest BCUT2D eigenvalue weighted by Crippen LogP contribution is 2.27. The first-order valence-corrected chi connectivity index (χ1v) is 9.01. The van der Waals surface area contributed by atoms with Gasteiger partial charge in [0.15, 0.2) is 0 Å². The van der Waals surface area contributed by atoms with Crippen molar-refractivity contribution in [2.24, 2.45) is 0 Å². The molecule has 0 saturated heterocycles. The third kappa shape index (κ3) is 3.07. The molecule has 0 amide bonds. The number of nitrogens with zero attached hydrogens (tertiary/aromatic N) is 1. The summed E-state index contributed by atoms with van der Waals surface area (Å²) in [5.41, 5.74) is 1.00. The van der Waals surface area contributed by atoms with Crippen LogP contribution in [0, 0.1) is 13.8 Å². The fraction of sp³-hybridized carbons (Fsp3) is 0.200. The van der Waals surface area contributed by atoms with Gasteiger partial charge in [-0.1, -0.05) is 15.9 Å². The van der Waals surface area contributed by atoms with Crippen molar-refractivity contribution in [3.63, 3.8) is 0 Å². The molecule has 6 heteroatoms. The van der Waals surface area contributed by atoms with Crippen molar-refractivity contribution in [3.8, 4) is 0 Å². The fourth-order valence-corrected chi connectivity index (χ4v) is 4.13. The number of aromatic amines is 1. The molecule has 0 unspecified atom stereocenters. The highest BCUT2D eigenvalue weighted by Gasteiger charge is 2.11. The number of H-pyrrole nitrogens is 1. The predicted octanol–water partition coefficient (Wildman–Crippen LogP) is 4.66. The number of thioether (sulfide) groups is 1. The molecule has 1 aromatic carbocycles. The number of fused-ring (bicyclic) bond motifs is 1. The van der Waals surface area contributed by atoms with E-state index in [1.807, 2.05) is 38.1 Å². The summed E-state index contributed by atoms with van der Waals surface area (Å²) in [6.45, 7) is 4.00. The molecule has 0 fully saturated rings. The lowest BCUT2D eigenvalue weighted by atomic mass is 10.2. The second-order valence-corrected chi connectivity index (χ2v) is 7.89. The quantitative estimate of drug-likeness (QED) is 0.672. The van der Waals surface area contributed by atoms with E-state index in [0.29, 0.717) is 5.75 Å². The molecule has 1 N–H and O–H groups in total. The number of aromatic nitrogens is 2. The first-order valence-electron chi connectivity index (χ1n) is 6.42. The van der Waals surface area contributed by atoms with Crippen LogP contribution in [0.1, 0.15) is 16.3 Å². The molecule has 2 aromatic heterocycles. The Balaban J connectivity index is 1.88. The Kier molecular flexibility index (Phi) is 4.19. The lowest BCUT2D eigenvalue weighted by molar-refractivity contribution is 1.04. The van der Waals surface area contributed by atoms with Crippen LogP contribution in [0.5, 0.6) is 0 Å². The van der Waals surface area contributed by atoms with E-state index >= 15 is 0 Å². The van der Waals surface area contributed by atoms with Crippen molar-refractivity contribution in [1.29, 1.82) is 0 Å². The zero-order chi connectivity index (χ0) is 15.0. The third-order valence-corrected chi connectivity index (χ3v) is 5.93. The second-order valence-electron chi connectivity index (χ2n) is 4.72. The van der Waals surface area contributed by atoms with E-state index in [1.165, 1.54) is 0 Å². The minimum atomic E-state index is -0.0340. The number of nitrogens with one attached hydrogen (secondary N) is 1. The molecule has 3 aromatic rings. The van der Waals surface area contributed by atoms with Gasteiger partial charge in [-0.3, -0.25) is 4.79 Å². The lowest BCUT2D eigenvalue weighted by Crippen LogP contribution is -2.10. The fourth-order valence-electron chi connectivity index (χ4n) is 2.05. The van der Waals surface area contributed by atoms with Crippen molar-refractivity contribution < 1.29 is 0 Å². The number of hydrogen-bond acceptors (Lipinski definition) is 4. The van der Waals surface area contributed by atoms with Crippen molar-refractivity contribution >= 4 is 49.2 Å². The van der Waals surface area contributed by atoms with Gasteiger partial charge in [0.1, 0.15) is 10.7 Å². The topological polar surface area (TPSA) is 45.8 Å². The first-order chi connectivity index (χ1) is 10.0. The Morgan fingerprint density at radius 3 is 2.71 bits per heavy atom. The minimum absolute atomic E-state index is 0.0340. The molecule has 0 bridgehead atoms. The van der Waals surface area contributed by atoms with E-state index in [2.05, 4.69) is 25.9 Å². The first kappa shape index (κ1) is 14.8. The van der Waals surface area contributed by atoms with Crippen LogP contribution in [-0.2, 0) is 5.75 Å². The normalized spacial score (nSPS) is 11.2. The smallest absolute Gasteiger partial charge is 0.259 e. The lowest BCUT2D eigenvalue weighted by Gasteiger charge is -2.02. The van der Waals surface area contributed by atoms with Gasteiger partial charge in [0.05, 0.1) is 11.1 Å². The van der Waals surface area contributed by atoms with Gasteiger partial charge in [-0.15, -0.1) is 23.1 Å². The summed E-state index contributed by atoms with van der Waals surface area (Å²) in [5, 5.41) is 0.731. The second kappa shape index (κ2) is 5.94. The van der Waals surface area contributed by atoms with Crippen molar-refractivity contribution in [2.45, 2.75) is 24.5 Å². The van der Waals surface area contributed by atoms with Gasteiger partial charge in [-0.05, 0) is 43.7 Å². The maximum Gasteiger partial charge on any atom is 0.259 e. The van der Waals surface area contributed by atoms with Gasteiger partial charge >= 0.3 is 0 Å². The van der Waals surface area contributed by atoms with Crippen molar-refractivity contribution in [2.75, 3.05) is 0 Å². The average Bonchev–Trinajstić information content (AvgIpc) is 2.74. The number of aryl methyl sites for hydroxylation is 2. The zero-order valence-corrected chi connectivity index (χ0v) is 14.8. The van der Waals surface area contributed by atoms with Crippen LogP contribution < -0.4 is 5.56 Å². The molecule has 3 nitrogen and oxygen atoms in total. The molecule has 0 atom stereocenters. The van der Waals surface area contributed by atoms with Crippen LogP contribution >= 0.6 is 39.0 Å². The van der Waals surface area contributed by atoms with E-state index in [-0.39, 0.29) is 5.56 Å². The summed E-state index contributed by atoms with van der Waals surface area (Å²) < 4.78 is 1.06. The molecule has 3 rings (SSSR count). The molecule has 108 valence electrons. The van der Waals surface area contributed by atoms with Gasteiger partial charge in [-0.2, -0.15) is 0 Å². The van der Waals surface area contributed by atoms with E-state index in [0.717, 1.165) is 35.8 Å². The van der Waals surface area contributed by atoms with Crippen LogP contribution in [-0.4, -0.2) is 9.97 Å². The zero-order valence-electron chi connectivity index (χ0n) is 11.6. The Bertz CT molecular complexity index is 852. The monoisotopic (exact) mass is 380 g/mol. The summed E-state index contributed by atoms with van der Waals surface area (Å²) in [6, 6.07) is 8.11. The molecule has 21 heavy (non-hydrogen) atoms. The van der Waals surface area contributed by atoms with Crippen LogP contribution in [0.15, 0.2) is 38.4 Å². The van der Waals surface area contributed by atoms with E-state index in [1.54, 1.807) is 23.1 Å². The van der Waals surface area contributed by atoms with Crippen LogP contribution in [0.3, 0.4) is 0 Å². The molecule has 0 spiro atoms. The number of rotatable bonds is 3. The predicted molar refractivity (Wildman–Crippen MR) is 93.4 cm³/mol. The Labute approximate surface area is 138 Å². The highest BCUT2D eigenvalue weighted by atomic mass is 79.9. The standard InChI is InChI=1S/C15H13BrN2OS2/c1-8-9(2)21-15-13(8)14(19)17-12(18-15)7-20-11-5-3-10(16)4-6-11/h3-6H,7H2,1-2H3,(H,17,18,19). The number of benzene rings is 1. The molecule has 0 aliphatic rings. The molecule has 2 heterocycles. The molecule has 0 saturated carbocycles. The molecule has 0 radical (unpaired) electrons. The Morgan fingerprint density at radius 1 is 1.29 bits per heavy atom. The third-order valence-electron chi connectivity index (χ3n) is 3.28. The molecule has 0 aliphatic heterocycles. The van der Waals surface area contributed by atoms with E-state index in [9.17, 15) is 4.79 Å². The van der Waals surface area contributed by atoms with Gasteiger partial charge in [0.2, 0.25) is 0 Å². The van der Waals surface area contributed by atoms with E-state index < -0.39 is 0 Å². The van der Waals surface area contributed by atoms with Gasteiger partial charge in [-0.25, -0.2) is 4.98 Å². The number of hydrogen-bond donors (Lipinski definition) is 1. The molecule has 0 aliphatic carbocycles. The summed E-state index contributed by atoms with van der Waals surface area (Å²) in [4.78, 5) is 22.8. The SMILES string of the molecule is Cc1sc2nc(CSc3ccc(Br)cc3)[nH]c(=O)c2c1C. The van der Waals surface area contributed by atoms with E-state index in [4.69, 9.17) is 0 Å². The van der Waals surface area contributed by atoms with Crippen molar-refractivity contribution in [1.82, 2.24) is 9.97 Å². The van der Waals surface area contributed by atoms with Crippen molar-refractivity contribution in [3.05, 3.63) is 55.4 Å². The summed E-state index contributed by atoms with van der Waals surface area (Å²) in [7, 11) is 0. The van der Waals surface area contributed by atoms with Crippen LogP contribution in [0.25, 0.3) is 10.2 Å². The average molecular weight is 381 g/mol. The van der Waals surface area contributed by atoms with Gasteiger partial charge in [0.25, 0.3) is 5.56 Å². The maximum absolute atomic E-state index is 12.2. The van der Waals surface area contributed by atoms with Crippen LogP contribution in [0.4, 0.5) is 0 Å². The van der Waals surface area contributed by atoms with Crippen LogP contribution in [0.2, 0.25) is 0 Å². The summed E-state index contributed by atoms with van der Waals surface area (Å²) in [5.74, 6) is 1.38. The summed E-state index contributed by atoms with van der Waals surface area (Å²) >= 11 is 6.67. The molecular formula is C15H13BrN2OS2. The Morgan fingerprint density at radius 2 is 2.00 bits per heavy atom. The van der Waals surface area contributed by atoms with Gasteiger partial charge < -0.3 is 4.98 Å². The number of thiophene rings is 1. The summed E-state index contributed by atoms with van der Waals surface area (Å²) in [6.07, 6.45) is 0.